The fourth-order valence-corrected chi connectivity index (χ4v) is 2.76. The molecule has 2 aromatic carbocycles. The van der Waals surface area contributed by atoms with Gasteiger partial charge in [-0.15, -0.1) is 0 Å². The van der Waals surface area contributed by atoms with Crippen molar-refractivity contribution in [1.29, 1.82) is 0 Å². The van der Waals surface area contributed by atoms with Crippen molar-refractivity contribution in [3.05, 3.63) is 63.3 Å². The number of carbonyl (C=O) groups is 1. The maximum atomic E-state index is 13.8. The van der Waals surface area contributed by atoms with Crippen LogP contribution in [0.15, 0.2) is 46.9 Å². The number of rotatable bonds is 4. The molecule has 0 bridgehead atoms. The number of benzene rings is 2. The number of hydrogen-bond acceptors (Lipinski definition) is 3. The van der Waals surface area contributed by atoms with E-state index in [4.69, 9.17) is 16.3 Å². The van der Waals surface area contributed by atoms with Crippen LogP contribution < -0.4 is 5.32 Å². The number of methoxy groups -OCH3 is 1. The first-order valence-corrected chi connectivity index (χ1v) is 7.24. The summed E-state index contributed by atoms with van der Waals surface area (Å²) in [4.78, 5) is 12.0. The van der Waals surface area contributed by atoms with Crippen molar-refractivity contribution in [2.75, 3.05) is 12.4 Å². The van der Waals surface area contributed by atoms with Gasteiger partial charge in [-0.2, -0.15) is 0 Å². The lowest BCUT2D eigenvalue weighted by Crippen LogP contribution is -2.23. The van der Waals surface area contributed by atoms with Gasteiger partial charge in [-0.1, -0.05) is 45.7 Å². The van der Waals surface area contributed by atoms with Crippen LogP contribution in [0.25, 0.3) is 0 Å². The van der Waals surface area contributed by atoms with Gasteiger partial charge in [0.1, 0.15) is 5.82 Å². The molecule has 3 nitrogen and oxygen atoms in total. The van der Waals surface area contributed by atoms with Crippen LogP contribution in [-0.2, 0) is 9.53 Å². The van der Waals surface area contributed by atoms with E-state index in [0.717, 1.165) is 0 Å². The number of nitrogens with one attached hydrogen (secondary N) is 1. The fourth-order valence-electron chi connectivity index (χ4n) is 1.85. The molecule has 0 aliphatic heterocycles. The Morgan fingerprint density at radius 3 is 2.67 bits per heavy atom. The van der Waals surface area contributed by atoms with Crippen LogP contribution >= 0.6 is 27.5 Å². The summed E-state index contributed by atoms with van der Waals surface area (Å²) in [7, 11) is 1.28. The molecule has 1 unspecified atom stereocenters. The van der Waals surface area contributed by atoms with Crippen molar-refractivity contribution in [2.45, 2.75) is 6.04 Å². The molecule has 1 N–H and O–H groups in total. The molecule has 110 valence electrons. The van der Waals surface area contributed by atoms with Crippen LogP contribution in [0.2, 0.25) is 5.02 Å². The Labute approximate surface area is 135 Å². The highest BCUT2D eigenvalue weighted by Crippen LogP contribution is 2.30. The SMILES string of the molecule is COC(=O)C(Nc1ccccc1F)c1ccc(Cl)cc1Br. The number of esters is 1. The standard InChI is InChI=1S/C15H12BrClFNO2/c1-21-15(20)14(10-7-6-9(17)8-11(10)16)19-13-5-3-2-4-12(13)18/h2-8,14,19H,1H3. The minimum absolute atomic E-state index is 0.217. The van der Waals surface area contributed by atoms with E-state index < -0.39 is 17.8 Å². The lowest BCUT2D eigenvalue weighted by atomic mass is 10.1. The van der Waals surface area contributed by atoms with Gasteiger partial charge >= 0.3 is 5.97 Å². The quantitative estimate of drug-likeness (QED) is 0.799. The second-order valence-electron chi connectivity index (χ2n) is 4.25. The number of carbonyl (C=O) groups excluding carboxylic acids is 1. The first-order chi connectivity index (χ1) is 10.0. The van der Waals surface area contributed by atoms with Crippen molar-refractivity contribution in [2.24, 2.45) is 0 Å². The number of halogens is 3. The van der Waals surface area contributed by atoms with Gasteiger partial charge in [-0.3, -0.25) is 0 Å². The number of ether oxygens (including phenoxy) is 1. The van der Waals surface area contributed by atoms with Gasteiger partial charge in [0, 0.05) is 9.50 Å². The van der Waals surface area contributed by atoms with Gasteiger partial charge in [0.15, 0.2) is 6.04 Å². The molecule has 0 aliphatic rings. The van der Waals surface area contributed by atoms with Crippen LogP contribution in [0.1, 0.15) is 11.6 Å². The zero-order chi connectivity index (χ0) is 15.4. The van der Waals surface area contributed by atoms with E-state index in [0.29, 0.717) is 15.1 Å². The molecular weight excluding hydrogens is 361 g/mol. The Morgan fingerprint density at radius 1 is 1.33 bits per heavy atom. The van der Waals surface area contributed by atoms with Gasteiger partial charge in [-0.05, 0) is 29.8 Å². The Morgan fingerprint density at radius 2 is 2.05 bits per heavy atom. The van der Waals surface area contributed by atoms with E-state index in [1.165, 1.54) is 13.2 Å². The maximum absolute atomic E-state index is 13.8. The molecule has 0 radical (unpaired) electrons. The second kappa shape index (κ2) is 6.91. The molecule has 0 spiro atoms. The predicted octanol–water partition coefficient (Wildman–Crippen LogP) is 4.57. The first kappa shape index (κ1) is 15.8. The molecule has 2 rings (SSSR count). The summed E-state index contributed by atoms with van der Waals surface area (Å²) in [6.07, 6.45) is 0. The highest BCUT2D eigenvalue weighted by atomic mass is 79.9. The molecular formula is C15H12BrClFNO2. The minimum atomic E-state index is -0.849. The monoisotopic (exact) mass is 371 g/mol. The van der Waals surface area contributed by atoms with Gasteiger partial charge < -0.3 is 10.1 Å². The molecule has 1 atom stereocenters. The van der Waals surface area contributed by atoms with Crippen LogP contribution in [0.4, 0.5) is 10.1 Å². The van der Waals surface area contributed by atoms with Gasteiger partial charge in [-0.25, -0.2) is 9.18 Å². The number of hydrogen-bond donors (Lipinski definition) is 1. The van der Waals surface area contributed by atoms with E-state index >= 15 is 0 Å². The second-order valence-corrected chi connectivity index (χ2v) is 5.54. The van der Waals surface area contributed by atoms with Gasteiger partial charge in [0.05, 0.1) is 12.8 Å². The highest BCUT2D eigenvalue weighted by Gasteiger charge is 2.24. The molecule has 0 aromatic heterocycles. The summed E-state index contributed by atoms with van der Waals surface area (Å²) >= 11 is 9.25. The molecule has 0 saturated heterocycles. The van der Waals surface area contributed by atoms with E-state index in [9.17, 15) is 9.18 Å². The summed E-state index contributed by atoms with van der Waals surface area (Å²) < 4.78 is 19.2. The van der Waals surface area contributed by atoms with Crippen LogP contribution in [0.3, 0.4) is 0 Å². The summed E-state index contributed by atoms with van der Waals surface area (Å²) in [5.74, 6) is -0.974. The smallest absolute Gasteiger partial charge is 0.333 e. The van der Waals surface area contributed by atoms with Crippen LogP contribution in [0.5, 0.6) is 0 Å². The molecule has 0 amide bonds. The first-order valence-electron chi connectivity index (χ1n) is 6.06. The average molecular weight is 373 g/mol. The molecule has 6 heteroatoms. The highest BCUT2D eigenvalue weighted by molar-refractivity contribution is 9.10. The molecule has 0 aliphatic carbocycles. The summed E-state index contributed by atoms with van der Waals surface area (Å²) in [5.41, 5.74) is 0.823. The maximum Gasteiger partial charge on any atom is 0.333 e. The summed E-state index contributed by atoms with van der Waals surface area (Å²) in [5, 5.41) is 3.38. The normalized spacial score (nSPS) is 11.8. The molecule has 2 aromatic rings. The van der Waals surface area contributed by atoms with Crippen molar-refractivity contribution in [3.8, 4) is 0 Å². The van der Waals surface area contributed by atoms with E-state index in [1.807, 2.05) is 0 Å². The van der Waals surface area contributed by atoms with Gasteiger partial charge in [0.2, 0.25) is 0 Å². The Hall–Kier alpha value is -1.59. The third-order valence-electron chi connectivity index (χ3n) is 2.88. The number of anilines is 1. The third-order valence-corrected chi connectivity index (χ3v) is 3.81. The zero-order valence-electron chi connectivity index (χ0n) is 11.1. The molecule has 0 fully saturated rings. The zero-order valence-corrected chi connectivity index (χ0v) is 13.4. The molecule has 21 heavy (non-hydrogen) atoms. The van der Waals surface area contributed by atoms with Gasteiger partial charge in [0.25, 0.3) is 0 Å². The Balaban J connectivity index is 2.40. The fraction of sp³-hybridized carbons (Fsp3) is 0.133. The van der Waals surface area contributed by atoms with Crippen molar-refractivity contribution < 1.29 is 13.9 Å². The van der Waals surface area contributed by atoms with Crippen molar-refractivity contribution in [1.82, 2.24) is 0 Å². The summed E-state index contributed by atoms with van der Waals surface area (Å²) in [6.45, 7) is 0. The van der Waals surface area contributed by atoms with Crippen LogP contribution in [0, 0.1) is 5.82 Å². The Bertz CT molecular complexity index is 666. The van der Waals surface area contributed by atoms with E-state index in [2.05, 4.69) is 21.2 Å². The lowest BCUT2D eigenvalue weighted by Gasteiger charge is -2.19. The van der Waals surface area contributed by atoms with Crippen LogP contribution in [-0.4, -0.2) is 13.1 Å². The van der Waals surface area contributed by atoms with E-state index in [1.54, 1.807) is 36.4 Å². The van der Waals surface area contributed by atoms with Crippen molar-refractivity contribution >= 4 is 39.2 Å². The largest absolute Gasteiger partial charge is 0.467 e. The minimum Gasteiger partial charge on any atom is -0.467 e. The predicted molar refractivity (Wildman–Crippen MR) is 83.9 cm³/mol. The lowest BCUT2D eigenvalue weighted by molar-refractivity contribution is -0.141. The molecule has 0 saturated carbocycles. The van der Waals surface area contributed by atoms with Crippen molar-refractivity contribution in [3.63, 3.8) is 0 Å². The Kier molecular flexibility index (Phi) is 5.20. The molecule has 0 heterocycles. The average Bonchev–Trinajstić information content (AvgIpc) is 2.46. The topological polar surface area (TPSA) is 38.3 Å². The number of para-hydroxylation sites is 1. The summed E-state index contributed by atoms with van der Waals surface area (Å²) in [6, 6.07) is 10.3. The van der Waals surface area contributed by atoms with E-state index in [-0.39, 0.29) is 5.69 Å². The third kappa shape index (κ3) is 3.74.